The van der Waals surface area contributed by atoms with Crippen molar-refractivity contribution >= 4 is 21.8 Å². The van der Waals surface area contributed by atoms with Crippen LogP contribution in [0.1, 0.15) is 33.6 Å². The lowest BCUT2D eigenvalue weighted by Crippen LogP contribution is -2.38. The van der Waals surface area contributed by atoms with Crippen molar-refractivity contribution in [3.05, 3.63) is 0 Å². The summed E-state index contributed by atoms with van der Waals surface area (Å²) >= 11 is 3.44. The van der Waals surface area contributed by atoms with Crippen molar-refractivity contribution in [3.63, 3.8) is 0 Å². The van der Waals surface area contributed by atoms with Gasteiger partial charge in [0.25, 0.3) is 0 Å². The molecule has 1 saturated carbocycles. The Balaban J connectivity index is 2.29. The number of hydrogen-bond acceptors (Lipinski definition) is 1. The third kappa shape index (κ3) is 3.60. The third-order valence-electron chi connectivity index (χ3n) is 2.73. The molecule has 0 bridgehead atoms. The molecule has 14 heavy (non-hydrogen) atoms. The summed E-state index contributed by atoms with van der Waals surface area (Å²) in [5.74, 6) is 1.78. The molecule has 2 nitrogen and oxygen atoms in total. The van der Waals surface area contributed by atoms with E-state index in [1.807, 2.05) is 0 Å². The van der Waals surface area contributed by atoms with E-state index in [-0.39, 0.29) is 5.91 Å². The van der Waals surface area contributed by atoms with Crippen molar-refractivity contribution in [2.45, 2.75) is 39.7 Å². The Labute approximate surface area is 95.0 Å². The van der Waals surface area contributed by atoms with E-state index in [1.165, 1.54) is 0 Å². The first-order valence-corrected chi connectivity index (χ1v) is 6.53. The van der Waals surface area contributed by atoms with Crippen LogP contribution >= 0.6 is 15.9 Å². The highest BCUT2D eigenvalue weighted by Crippen LogP contribution is 2.37. The normalized spacial score (nSPS) is 27.5. The Kier molecular flexibility index (Phi) is 4.42. The van der Waals surface area contributed by atoms with Crippen molar-refractivity contribution in [3.8, 4) is 0 Å². The van der Waals surface area contributed by atoms with Crippen LogP contribution in [0.15, 0.2) is 0 Å². The Morgan fingerprint density at radius 3 is 2.50 bits per heavy atom. The fourth-order valence-corrected chi connectivity index (χ4v) is 2.15. The number of rotatable bonds is 5. The Morgan fingerprint density at radius 1 is 1.57 bits per heavy atom. The molecule has 1 rings (SSSR count). The van der Waals surface area contributed by atoms with Gasteiger partial charge in [-0.25, -0.2) is 0 Å². The average molecular weight is 262 g/mol. The second-order valence-corrected chi connectivity index (χ2v) is 5.46. The van der Waals surface area contributed by atoms with Crippen LogP contribution in [-0.2, 0) is 4.79 Å². The van der Waals surface area contributed by atoms with E-state index in [1.54, 1.807) is 0 Å². The molecule has 0 radical (unpaired) electrons. The van der Waals surface area contributed by atoms with Gasteiger partial charge in [-0.1, -0.05) is 36.7 Å². The van der Waals surface area contributed by atoms with E-state index < -0.39 is 0 Å². The number of amides is 1. The fraction of sp³-hybridized carbons (Fsp3) is 0.909. The maximum Gasteiger partial charge on any atom is 0.223 e. The molecule has 1 fully saturated rings. The number of alkyl halides is 1. The predicted octanol–water partition coefficient (Wildman–Crippen LogP) is 2.57. The average Bonchev–Trinajstić information content (AvgIpc) is 2.80. The molecule has 3 atom stereocenters. The number of nitrogens with one attached hydrogen (secondary N) is 1. The van der Waals surface area contributed by atoms with Crippen molar-refractivity contribution in [1.29, 1.82) is 0 Å². The van der Waals surface area contributed by atoms with Gasteiger partial charge < -0.3 is 5.32 Å². The zero-order valence-corrected chi connectivity index (χ0v) is 10.8. The van der Waals surface area contributed by atoms with Crippen LogP contribution in [-0.4, -0.2) is 17.3 Å². The van der Waals surface area contributed by atoms with Crippen LogP contribution in [0.3, 0.4) is 0 Å². The van der Waals surface area contributed by atoms with Crippen LogP contribution < -0.4 is 5.32 Å². The van der Waals surface area contributed by atoms with Crippen molar-refractivity contribution in [2.24, 2.45) is 17.8 Å². The molecule has 82 valence electrons. The first kappa shape index (κ1) is 12.0. The molecule has 0 heterocycles. The number of carbonyl (C=O) groups excluding carboxylic acids is 1. The second kappa shape index (κ2) is 5.15. The van der Waals surface area contributed by atoms with Crippen LogP contribution in [0.2, 0.25) is 0 Å². The molecule has 0 aromatic rings. The zero-order valence-electron chi connectivity index (χ0n) is 9.22. The van der Waals surface area contributed by atoms with E-state index in [0.717, 1.165) is 18.2 Å². The Hall–Kier alpha value is -0.0500. The lowest BCUT2D eigenvalue weighted by atomic mass is 10.1. The lowest BCUT2D eigenvalue weighted by Gasteiger charge is -2.18. The molecular weight excluding hydrogens is 242 g/mol. The molecule has 1 aliphatic carbocycles. The van der Waals surface area contributed by atoms with E-state index in [4.69, 9.17) is 0 Å². The highest BCUT2D eigenvalue weighted by atomic mass is 79.9. The smallest absolute Gasteiger partial charge is 0.223 e. The van der Waals surface area contributed by atoms with Crippen LogP contribution in [0.5, 0.6) is 0 Å². The van der Waals surface area contributed by atoms with Gasteiger partial charge >= 0.3 is 0 Å². The summed E-state index contributed by atoms with van der Waals surface area (Å²) < 4.78 is 0. The minimum atomic E-state index is 0.252. The molecule has 0 saturated heterocycles. The van der Waals surface area contributed by atoms with Gasteiger partial charge in [-0.15, -0.1) is 0 Å². The number of halogens is 1. The molecule has 0 aliphatic heterocycles. The van der Waals surface area contributed by atoms with Gasteiger partial charge in [0.2, 0.25) is 5.91 Å². The summed E-state index contributed by atoms with van der Waals surface area (Å²) in [6.07, 6.45) is 2.13. The molecule has 0 spiro atoms. The Bertz CT molecular complexity index is 205. The van der Waals surface area contributed by atoms with Crippen LogP contribution in [0.4, 0.5) is 0 Å². The maximum atomic E-state index is 11.6. The fourth-order valence-electron chi connectivity index (χ4n) is 1.73. The van der Waals surface area contributed by atoms with Gasteiger partial charge in [0.05, 0.1) is 0 Å². The SMILES string of the molecule is CC(C)CC(CBr)NC(=O)C1CC1C. The number of carbonyl (C=O) groups is 1. The summed E-state index contributed by atoms with van der Waals surface area (Å²) in [5.41, 5.74) is 0. The van der Waals surface area contributed by atoms with Crippen molar-refractivity contribution in [1.82, 2.24) is 5.32 Å². The topological polar surface area (TPSA) is 29.1 Å². The highest BCUT2D eigenvalue weighted by Gasteiger charge is 2.39. The standard InChI is InChI=1S/C11H20BrNO/c1-7(2)4-9(6-12)13-11(14)10-5-8(10)3/h7-10H,4-6H2,1-3H3,(H,13,14). The first-order valence-electron chi connectivity index (χ1n) is 5.41. The monoisotopic (exact) mass is 261 g/mol. The predicted molar refractivity (Wildman–Crippen MR) is 62.5 cm³/mol. The van der Waals surface area contributed by atoms with E-state index in [2.05, 4.69) is 42.0 Å². The highest BCUT2D eigenvalue weighted by molar-refractivity contribution is 9.09. The largest absolute Gasteiger partial charge is 0.352 e. The molecule has 3 unspecified atom stereocenters. The van der Waals surface area contributed by atoms with E-state index in [9.17, 15) is 4.79 Å². The minimum absolute atomic E-state index is 0.252. The summed E-state index contributed by atoms with van der Waals surface area (Å²) in [7, 11) is 0. The number of hydrogen-bond donors (Lipinski definition) is 1. The first-order chi connectivity index (χ1) is 6.54. The van der Waals surface area contributed by atoms with Gasteiger partial charge in [0, 0.05) is 17.3 Å². The van der Waals surface area contributed by atoms with E-state index in [0.29, 0.717) is 23.8 Å². The summed E-state index contributed by atoms with van der Waals surface area (Å²) in [6, 6.07) is 0.301. The van der Waals surface area contributed by atoms with Gasteiger partial charge in [-0.3, -0.25) is 4.79 Å². The molecule has 0 aromatic carbocycles. The maximum absolute atomic E-state index is 11.6. The zero-order chi connectivity index (χ0) is 10.7. The van der Waals surface area contributed by atoms with Crippen LogP contribution in [0, 0.1) is 17.8 Å². The van der Waals surface area contributed by atoms with Crippen molar-refractivity contribution < 1.29 is 4.79 Å². The molecule has 0 aromatic heterocycles. The molecule has 3 heteroatoms. The lowest BCUT2D eigenvalue weighted by molar-refractivity contribution is -0.123. The van der Waals surface area contributed by atoms with Crippen molar-refractivity contribution in [2.75, 3.05) is 5.33 Å². The van der Waals surface area contributed by atoms with Gasteiger partial charge in [-0.2, -0.15) is 0 Å². The van der Waals surface area contributed by atoms with Gasteiger partial charge in [0.1, 0.15) is 0 Å². The van der Waals surface area contributed by atoms with Crippen LogP contribution in [0.25, 0.3) is 0 Å². The Morgan fingerprint density at radius 2 is 2.14 bits per heavy atom. The summed E-state index contributed by atoms with van der Waals surface area (Å²) in [5, 5.41) is 3.96. The third-order valence-corrected chi connectivity index (χ3v) is 3.52. The summed E-state index contributed by atoms with van der Waals surface area (Å²) in [6.45, 7) is 6.50. The molecule has 1 aliphatic rings. The molecule has 1 N–H and O–H groups in total. The second-order valence-electron chi connectivity index (χ2n) is 4.81. The molecule has 1 amide bonds. The minimum Gasteiger partial charge on any atom is -0.352 e. The van der Waals surface area contributed by atoms with E-state index >= 15 is 0 Å². The molecular formula is C11H20BrNO. The van der Waals surface area contributed by atoms with Gasteiger partial charge in [-0.05, 0) is 24.7 Å². The van der Waals surface area contributed by atoms with Gasteiger partial charge in [0.15, 0.2) is 0 Å². The quantitative estimate of drug-likeness (QED) is 0.758. The summed E-state index contributed by atoms with van der Waals surface area (Å²) in [4.78, 5) is 11.6.